The Morgan fingerprint density at radius 3 is 2.62 bits per heavy atom. The predicted molar refractivity (Wildman–Crippen MR) is 123 cm³/mol. The van der Waals surface area contributed by atoms with E-state index in [-0.39, 0.29) is 28.0 Å². The Bertz CT molecular complexity index is 1540. The Morgan fingerprint density at radius 2 is 1.97 bits per heavy atom. The third-order valence-electron chi connectivity index (χ3n) is 4.39. The van der Waals surface area contributed by atoms with Gasteiger partial charge in [-0.25, -0.2) is 23.4 Å². The molecule has 4 rings (SSSR count). The second-order valence-electron chi connectivity index (χ2n) is 7.53. The van der Waals surface area contributed by atoms with Crippen molar-refractivity contribution in [1.82, 2.24) is 24.1 Å². The van der Waals surface area contributed by atoms with Gasteiger partial charge in [-0.15, -0.1) is 9.41 Å². The van der Waals surface area contributed by atoms with E-state index in [9.17, 15) is 22.4 Å². The van der Waals surface area contributed by atoms with Gasteiger partial charge in [0.1, 0.15) is 5.82 Å². The van der Waals surface area contributed by atoms with Gasteiger partial charge in [-0.2, -0.15) is 18.3 Å². The standard InChI is InChI=1S/C20H16ClF4N7OS/c1-34(2,3)30-17-13(21)8-11(9-27-17)29-19(33)12-10-28-32(16(12)20(23,24)25)15-5-4-14(22)18-26-6-7-31(15)18/h4-10H,1H2,2-3H3,(H,29,33). The van der Waals surface area contributed by atoms with Crippen LogP contribution in [0.4, 0.5) is 29.1 Å². The number of amides is 1. The molecule has 0 aliphatic heterocycles. The summed E-state index contributed by atoms with van der Waals surface area (Å²) in [6, 6.07) is 3.39. The summed E-state index contributed by atoms with van der Waals surface area (Å²) in [5.41, 5.74) is -2.23. The van der Waals surface area contributed by atoms with E-state index < -0.39 is 38.6 Å². The van der Waals surface area contributed by atoms with Crippen LogP contribution < -0.4 is 5.32 Å². The number of hydrogen-bond donors (Lipinski definition) is 1. The van der Waals surface area contributed by atoms with Crippen LogP contribution in [0.3, 0.4) is 0 Å². The minimum atomic E-state index is -4.97. The summed E-state index contributed by atoms with van der Waals surface area (Å²) in [5.74, 6) is 2.14. The van der Waals surface area contributed by atoms with Crippen LogP contribution in [0.2, 0.25) is 5.02 Å². The lowest BCUT2D eigenvalue weighted by molar-refractivity contribution is -0.143. The van der Waals surface area contributed by atoms with Gasteiger partial charge >= 0.3 is 6.18 Å². The zero-order valence-corrected chi connectivity index (χ0v) is 19.2. The third kappa shape index (κ3) is 4.61. The monoisotopic (exact) mass is 513 g/mol. The van der Waals surface area contributed by atoms with Gasteiger partial charge < -0.3 is 5.32 Å². The smallest absolute Gasteiger partial charge is 0.320 e. The summed E-state index contributed by atoms with van der Waals surface area (Å²) in [6.45, 7) is 0. The number of aromatic nitrogens is 5. The summed E-state index contributed by atoms with van der Waals surface area (Å²) in [6.07, 6.45) is 3.18. The normalized spacial score (nSPS) is 12.2. The van der Waals surface area contributed by atoms with Gasteiger partial charge in [-0.1, -0.05) is 17.5 Å². The molecule has 0 atom stereocenters. The van der Waals surface area contributed by atoms with E-state index in [0.29, 0.717) is 4.68 Å². The van der Waals surface area contributed by atoms with Crippen molar-refractivity contribution < 1.29 is 22.4 Å². The van der Waals surface area contributed by atoms with Gasteiger partial charge in [0.25, 0.3) is 5.91 Å². The lowest BCUT2D eigenvalue weighted by Crippen LogP contribution is -2.21. The first-order valence-electron chi connectivity index (χ1n) is 9.38. The number of pyridine rings is 2. The average molecular weight is 514 g/mol. The summed E-state index contributed by atoms with van der Waals surface area (Å²) < 4.78 is 61.9. The lowest BCUT2D eigenvalue weighted by atomic mass is 10.2. The Morgan fingerprint density at radius 1 is 1.24 bits per heavy atom. The molecule has 1 N–H and O–H groups in total. The first kappa shape index (κ1) is 23.7. The molecule has 0 aliphatic carbocycles. The fourth-order valence-electron chi connectivity index (χ4n) is 3.10. The molecule has 0 aromatic carbocycles. The minimum absolute atomic E-state index is 0.0606. The highest BCUT2D eigenvalue weighted by molar-refractivity contribution is 8.01. The highest BCUT2D eigenvalue weighted by Crippen LogP contribution is 2.34. The van der Waals surface area contributed by atoms with Gasteiger partial charge in [0.15, 0.2) is 23.0 Å². The fourth-order valence-corrected chi connectivity index (χ4v) is 3.97. The summed E-state index contributed by atoms with van der Waals surface area (Å²) in [4.78, 5) is 20.6. The van der Waals surface area contributed by atoms with Crippen molar-refractivity contribution in [2.24, 2.45) is 4.36 Å². The zero-order chi connectivity index (χ0) is 24.8. The van der Waals surface area contributed by atoms with Gasteiger partial charge in [0.05, 0.1) is 28.7 Å². The predicted octanol–water partition coefficient (Wildman–Crippen LogP) is 4.64. The Balaban J connectivity index is 1.74. The molecule has 4 heterocycles. The number of carbonyl (C=O) groups is 1. The summed E-state index contributed by atoms with van der Waals surface area (Å²) in [7, 11) is -1.56. The molecule has 4 aromatic rings. The highest BCUT2D eigenvalue weighted by atomic mass is 35.5. The maximum absolute atomic E-state index is 14.0. The Kier molecular flexibility index (Phi) is 5.85. The second kappa shape index (κ2) is 8.40. The van der Waals surface area contributed by atoms with Gasteiger partial charge in [-0.05, 0) is 30.7 Å². The largest absolute Gasteiger partial charge is 0.434 e. The number of hydrogen-bond acceptors (Lipinski definition) is 5. The van der Waals surface area contributed by atoms with Crippen molar-refractivity contribution in [2.75, 3.05) is 17.8 Å². The molecule has 8 nitrogen and oxygen atoms in total. The van der Waals surface area contributed by atoms with E-state index in [1.165, 1.54) is 24.7 Å². The van der Waals surface area contributed by atoms with Crippen molar-refractivity contribution in [3.05, 3.63) is 65.1 Å². The molecule has 14 heteroatoms. The number of alkyl halides is 3. The number of nitrogens with one attached hydrogen (secondary N) is 1. The number of fused-ring (bicyclic) bond motifs is 1. The number of anilines is 1. The summed E-state index contributed by atoms with van der Waals surface area (Å²) in [5, 5.41) is 6.19. The van der Waals surface area contributed by atoms with Crippen molar-refractivity contribution in [3.8, 4) is 5.82 Å². The SMILES string of the molecule is C=S(C)(C)=Nc1ncc(NC(=O)c2cnn(-c3ccc(F)c4nccn34)c2C(F)(F)F)cc1Cl. The van der Waals surface area contributed by atoms with Crippen molar-refractivity contribution in [2.45, 2.75) is 6.18 Å². The van der Waals surface area contributed by atoms with E-state index >= 15 is 0 Å². The number of halogens is 5. The number of rotatable bonds is 4. The maximum Gasteiger partial charge on any atom is 0.434 e. The number of nitrogens with zero attached hydrogens (tertiary/aromatic N) is 6. The van der Waals surface area contributed by atoms with Crippen molar-refractivity contribution in [3.63, 3.8) is 0 Å². The van der Waals surface area contributed by atoms with E-state index in [2.05, 4.69) is 30.6 Å². The van der Waals surface area contributed by atoms with Crippen LogP contribution in [0.1, 0.15) is 16.1 Å². The molecule has 0 bridgehead atoms. The van der Waals surface area contributed by atoms with Crippen LogP contribution in [-0.4, -0.2) is 48.4 Å². The van der Waals surface area contributed by atoms with E-state index in [1.807, 2.05) is 12.5 Å². The molecule has 0 spiro atoms. The third-order valence-corrected chi connectivity index (χ3v) is 5.34. The van der Waals surface area contributed by atoms with Crippen molar-refractivity contribution in [1.29, 1.82) is 0 Å². The van der Waals surface area contributed by atoms with Crippen LogP contribution in [0.15, 0.2) is 47.3 Å². The molecular weight excluding hydrogens is 498 g/mol. The number of carbonyl (C=O) groups excluding carboxylic acids is 1. The lowest BCUT2D eigenvalue weighted by Gasteiger charge is -2.14. The number of imidazole rings is 1. The van der Waals surface area contributed by atoms with Gasteiger partial charge in [-0.3, -0.25) is 9.20 Å². The van der Waals surface area contributed by atoms with Crippen LogP contribution in [-0.2, 0) is 15.6 Å². The molecule has 0 saturated carbocycles. The molecule has 4 aromatic heterocycles. The fraction of sp³-hybridized carbons (Fsp3) is 0.150. The molecule has 0 unspecified atom stereocenters. The van der Waals surface area contributed by atoms with Crippen LogP contribution in [0.25, 0.3) is 11.5 Å². The summed E-state index contributed by atoms with van der Waals surface area (Å²) >= 11 is 6.15. The van der Waals surface area contributed by atoms with E-state index in [0.717, 1.165) is 22.7 Å². The Hall–Kier alpha value is -3.45. The van der Waals surface area contributed by atoms with Crippen LogP contribution >= 0.6 is 11.6 Å². The molecule has 0 fully saturated rings. The maximum atomic E-state index is 14.0. The minimum Gasteiger partial charge on any atom is -0.320 e. The molecule has 0 radical (unpaired) electrons. The topological polar surface area (TPSA) is 89.5 Å². The highest BCUT2D eigenvalue weighted by Gasteiger charge is 2.41. The van der Waals surface area contributed by atoms with Crippen LogP contribution in [0, 0.1) is 5.82 Å². The second-order valence-corrected chi connectivity index (χ2v) is 11.1. The Labute approximate surface area is 195 Å². The molecule has 0 aliphatic rings. The van der Waals surface area contributed by atoms with E-state index in [1.54, 1.807) is 0 Å². The van der Waals surface area contributed by atoms with Gasteiger partial charge in [0.2, 0.25) is 0 Å². The van der Waals surface area contributed by atoms with Gasteiger partial charge in [0, 0.05) is 12.4 Å². The van der Waals surface area contributed by atoms with Crippen molar-refractivity contribution >= 4 is 49.9 Å². The quantitative estimate of drug-likeness (QED) is 0.318. The molecule has 34 heavy (non-hydrogen) atoms. The zero-order valence-electron chi connectivity index (χ0n) is 17.6. The molecular formula is C20H16ClF4N7OS. The molecule has 1 amide bonds. The van der Waals surface area contributed by atoms with E-state index in [4.69, 9.17) is 11.6 Å². The first-order chi connectivity index (χ1) is 15.8. The molecule has 178 valence electrons. The first-order valence-corrected chi connectivity index (χ1v) is 12.3. The van der Waals surface area contributed by atoms with Crippen LogP contribution in [0.5, 0.6) is 0 Å². The average Bonchev–Trinajstić information content (AvgIpc) is 3.37. The molecule has 0 saturated heterocycles.